The van der Waals surface area contributed by atoms with Crippen LogP contribution < -0.4 is 0 Å². The predicted molar refractivity (Wildman–Crippen MR) is 58.2 cm³/mol. The molecule has 0 aromatic carbocycles. The summed E-state index contributed by atoms with van der Waals surface area (Å²) in [6.07, 6.45) is 4.52. The second-order valence-corrected chi connectivity index (χ2v) is 3.12. The molecule has 0 saturated carbocycles. The van der Waals surface area contributed by atoms with E-state index in [1.54, 1.807) is 36.7 Å². The van der Waals surface area contributed by atoms with E-state index in [2.05, 4.69) is 9.97 Å². The highest BCUT2D eigenvalue weighted by atomic mass is 16.1. The number of rotatable bonds is 3. The fourth-order valence-electron chi connectivity index (χ4n) is 1.42. The molecule has 4 nitrogen and oxygen atoms in total. The van der Waals surface area contributed by atoms with Gasteiger partial charge in [-0.1, -0.05) is 0 Å². The molecule has 0 amide bonds. The van der Waals surface area contributed by atoms with Gasteiger partial charge in [-0.2, -0.15) is 0 Å². The van der Waals surface area contributed by atoms with Gasteiger partial charge in [-0.15, -0.1) is 0 Å². The van der Waals surface area contributed by atoms with Gasteiger partial charge in [0, 0.05) is 23.5 Å². The Labute approximate surface area is 92.0 Å². The van der Waals surface area contributed by atoms with Crippen LogP contribution in [0, 0.1) is 0 Å². The van der Waals surface area contributed by atoms with Crippen molar-refractivity contribution in [2.24, 2.45) is 0 Å². The first kappa shape index (κ1) is 10.2. The summed E-state index contributed by atoms with van der Waals surface area (Å²) in [6.45, 7) is 0. The molecule has 2 aromatic heterocycles. The number of aromatic nitrogens is 2. The second-order valence-electron chi connectivity index (χ2n) is 3.12. The zero-order valence-corrected chi connectivity index (χ0v) is 8.33. The van der Waals surface area contributed by atoms with Crippen molar-refractivity contribution in [3.63, 3.8) is 0 Å². The summed E-state index contributed by atoms with van der Waals surface area (Å²) in [5.41, 5.74) is 1.70. The topological polar surface area (TPSA) is 59.9 Å². The summed E-state index contributed by atoms with van der Waals surface area (Å²) in [6, 6.07) is 6.60. The van der Waals surface area contributed by atoms with Crippen LogP contribution in [0.2, 0.25) is 0 Å². The molecule has 0 N–H and O–H groups in total. The summed E-state index contributed by atoms with van der Waals surface area (Å²) in [7, 11) is 0. The quantitative estimate of drug-likeness (QED) is 0.727. The van der Waals surface area contributed by atoms with Crippen LogP contribution in [0.3, 0.4) is 0 Å². The number of carbonyl (C=O) groups excluding carboxylic acids is 2. The lowest BCUT2D eigenvalue weighted by Gasteiger charge is -2.04. The summed E-state index contributed by atoms with van der Waals surface area (Å²) in [5.74, 6) is 0. The molecule has 0 atom stereocenters. The van der Waals surface area contributed by atoms with E-state index >= 15 is 0 Å². The Morgan fingerprint density at radius 2 is 1.25 bits per heavy atom. The van der Waals surface area contributed by atoms with Crippen LogP contribution >= 0.6 is 0 Å². The van der Waals surface area contributed by atoms with Crippen molar-refractivity contribution in [2.45, 2.75) is 0 Å². The maximum Gasteiger partial charge on any atom is 0.152 e. The predicted octanol–water partition coefficient (Wildman–Crippen LogP) is 1.77. The largest absolute Gasteiger partial charge is 0.298 e. The van der Waals surface area contributed by atoms with Crippen LogP contribution in [0.4, 0.5) is 0 Å². The molecule has 0 unspecified atom stereocenters. The molecule has 0 aliphatic heterocycles. The molecule has 0 aliphatic rings. The van der Waals surface area contributed by atoms with Gasteiger partial charge in [-0.05, 0) is 24.3 Å². The summed E-state index contributed by atoms with van der Waals surface area (Å²) in [5, 5.41) is 0. The molecule has 2 rings (SSSR count). The van der Waals surface area contributed by atoms with Gasteiger partial charge >= 0.3 is 0 Å². The van der Waals surface area contributed by atoms with Gasteiger partial charge in [0.15, 0.2) is 12.6 Å². The van der Waals surface area contributed by atoms with Crippen LogP contribution in [0.15, 0.2) is 36.7 Å². The van der Waals surface area contributed by atoms with E-state index in [9.17, 15) is 9.59 Å². The van der Waals surface area contributed by atoms with Crippen LogP contribution in [0.1, 0.15) is 20.7 Å². The lowest BCUT2D eigenvalue weighted by atomic mass is 10.1. The Balaban J connectivity index is 2.67. The highest BCUT2D eigenvalue weighted by Gasteiger charge is 2.10. The number of aldehydes is 2. The fraction of sp³-hybridized carbons (Fsp3) is 0. The Morgan fingerprint density at radius 3 is 1.62 bits per heavy atom. The molecule has 0 spiro atoms. The maximum atomic E-state index is 10.8. The van der Waals surface area contributed by atoms with Gasteiger partial charge in [-0.25, -0.2) is 0 Å². The molecule has 4 heteroatoms. The number of hydrogen-bond acceptors (Lipinski definition) is 4. The Kier molecular flexibility index (Phi) is 2.82. The minimum Gasteiger partial charge on any atom is -0.298 e. The molecule has 16 heavy (non-hydrogen) atoms. The van der Waals surface area contributed by atoms with Crippen molar-refractivity contribution < 1.29 is 9.59 Å². The number of hydrogen-bond donors (Lipinski definition) is 0. The minimum absolute atomic E-state index is 0.421. The lowest BCUT2D eigenvalue weighted by molar-refractivity contribution is 0.111. The van der Waals surface area contributed by atoms with Crippen LogP contribution in [-0.4, -0.2) is 22.5 Å². The van der Waals surface area contributed by atoms with Crippen LogP contribution in [-0.2, 0) is 0 Å². The molecule has 0 fully saturated rings. The summed E-state index contributed by atoms with van der Waals surface area (Å²) in [4.78, 5) is 29.8. The first-order valence-corrected chi connectivity index (χ1v) is 4.67. The zero-order valence-electron chi connectivity index (χ0n) is 8.33. The van der Waals surface area contributed by atoms with Gasteiger partial charge in [0.1, 0.15) is 0 Å². The number of carbonyl (C=O) groups is 2. The number of pyridine rings is 2. The second kappa shape index (κ2) is 4.44. The molecule has 0 saturated heterocycles. The van der Waals surface area contributed by atoms with E-state index in [1.165, 1.54) is 0 Å². The van der Waals surface area contributed by atoms with Crippen molar-refractivity contribution in [1.82, 2.24) is 9.97 Å². The molecule has 0 bridgehead atoms. The first-order chi connectivity index (χ1) is 7.86. The zero-order chi connectivity index (χ0) is 11.4. The van der Waals surface area contributed by atoms with Crippen molar-refractivity contribution >= 4 is 12.6 Å². The van der Waals surface area contributed by atoms with E-state index in [0.29, 0.717) is 35.1 Å². The highest BCUT2D eigenvalue weighted by molar-refractivity contribution is 5.91. The van der Waals surface area contributed by atoms with Crippen LogP contribution in [0.5, 0.6) is 0 Å². The third-order valence-electron chi connectivity index (χ3n) is 2.16. The SMILES string of the molecule is O=Cc1cccnc1-c1ncccc1C=O. The maximum absolute atomic E-state index is 10.8. The first-order valence-electron chi connectivity index (χ1n) is 4.67. The van der Waals surface area contributed by atoms with Crippen molar-refractivity contribution in [3.05, 3.63) is 47.8 Å². The average Bonchev–Trinajstić information content (AvgIpc) is 2.38. The molecular formula is C12H8N2O2. The Morgan fingerprint density at radius 1 is 0.812 bits per heavy atom. The summed E-state index contributed by atoms with van der Waals surface area (Å²) < 4.78 is 0. The Bertz CT molecular complexity index is 489. The van der Waals surface area contributed by atoms with Gasteiger partial charge in [0.05, 0.1) is 11.4 Å². The highest BCUT2D eigenvalue weighted by Crippen LogP contribution is 2.20. The van der Waals surface area contributed by atoms with Crippen molar-refractivity contribution in [3.8, 4) is 11.4 Å². The fourth-order valence-corrected chi connectivity index (χ4v) is 1.42. The van der Waals surface area contributed by atoms with E-state index in [0.717, 1.165) is 0 Å². The molecule has 0 radical (unpaired) electrons. The third kappa shape index (κ3) is 1.72. The molecule has 2 aromatic rings. The van der Waals surface area contributed by atoms with E-state index in [4.69, 9.17) is 0 Å². The summed E-state index contributed by atoms with van der Waals surface area (Å²) >= 11 is 0. The lowest BCUT2D eigenvalue weighted by Crippen LogP contribution is -1.97. The van der Waals surface area contributed by atoms with Gasteiger partial charge in [-0.3, -0.25) is 19.6 Å². The number of nitrogens with zero attached hydrogens (tertiary/aromatic N) is 2. The Hall–Kier alpha value is -2.36. The van der Waals surface area contributed by atoms with E-state index < -0.39 is 0 Å². The smallest absolute Gasteiger partial charge is 0.152 e. The normalized spacial score (nSPS) is 9.75. The average molecular weight is 212 g/mol. The molecule has 2 heterocycles. The molecular weight excluding hydrogens is 204 g/mol. The standard InChI is InChI=1S/C12H8N2O2/c15-7-9-3-1-5-13-11(9)12-10(8-16)4-2-6-14-12/h1-8H. The van der Waals surface area contributed by atoms with Gasteiger partial charge in [0.2, 0.25) is 0 Å². The molecule has 0 aliphatic carbocycles. The minimum atomic E-state index is 0.421. The van der Waals surface area contributed by atoms with Crippen molar-refractivity contribution in [1.29, 1.82) is 0 Å². The van der Waals surface area contributed by atoms with E-state index in [1.807, 2.05) is 0 Å². The van der Waals surface area contributed by atoms with Gasteiger partial charge in [0.25, 0.3) is 0 Å². The molecule has 78 valence electrons. The van der Waals surface area contributed by atoms with E-state index in [-0.39, 0.29) is 0 Å². The van der Waals surface area contributed by atoms with Gasteiger partial charge < -0.3 is 0 Å². The monoisotopic (exact) mass is 212 g/mol. The van der Waals surface area contributed by atoms with Crippen LogP contribution in [0.25, 0.3) is 11.4 Å². The third-order valence-corrected chi connectivity index (χ3v) is 2.16. The van der Waals surface area contributed by atoms with Crippen molar-refractivity contribution in [2.75, 3.05) is 0 Å².